The third-order valence-corrected chi connectivity index (χ3v) is 4.69. The monoisotopic (exact) mass is 323 g/mol. The lowest BCUT2D eigenvalue weighted by molar-refractivity contribution is 0.561. The van der Waals surface area contributed by atoms with Gasteiger partial charge in [0.1, 0.15) is 0 Å². The number of thiazole rings is 1. The van der Waals surface area contributed by atoms with Crippen LogP contribution in [0.3, 0.4) is 0 Å². The van der Waals surface area contributed by atoms with Crippen molar-refractivity contribution in [3.05, 3.63) is 45.9 Å². The molecular weight excluding hydrogens is 302 g/mol. The van der Waals surface area contributed by atoms with Gasteiger partial charge in [-0.05, 0) is 31.5 Å². The number of aromatic nitrogens is 1. The summed E-state index contributed by atoms with van der Waals surface area (Å²) in [5, 5.41) is 7.42. The highest BCUT2D eigenvalue weighted by molar-refractivity contribution is 7.13. The zero-order chi connectivity index (χ0) is 15.2. The lowest BCUT2D eigenvalue weighted by Gasteiger charge is -2.17. The first-order chi connectivity index (χ1) is 10.1. The first-order valence-electron chi connectivity index (χ1n) is 7.25. The fourth-order valence-corrected chi connectivity index (χ4v) is 3.15. The SMILES string of the molecule is CCCNC(C)c1csc(N(C)Cc2ccccc2Cl)n1. The standard InChI is InChI=1S/C16H22ClN3S/c1-4-9-18-12(2)15-11-21-16(19-15)20(3)10-13-7-5-6-8-14(13)17/h5-8,11-12,18H,4,9-10H2,1-3H3. The molecule has 2 aromatic rings. The van der Waals surface area contributed by atoms with Gasteiger partial charge in [-0.1, -0.05) is 36.7 Å². The minimum Gasteiger partial charge on any atom is -0.347 e. The summed E-state index contributed by atoms with van der Waals surface area (Å²) >= 11 is 7.89. The average Bonchev–Trinajstić information content (AvgIpc) is 2.97. The minimum absolute atomic E-state index is 0.295. The van der Waals surface area contributed by atoms with Crippen molar-refractivity contribution in [1.82, 2.24) is 10.3 Å². The maximum Gasteiger partial charge on any atom is 0.185 e. The van der Waals surface area contributed by atoms with Gasteiger partial charge in [0.2, 0.25) is 0 Å². The molecule has 1 aromatic heterocycles. The van der Waals surface area contributed by atoms with E-state index in [2.05, 4.69) is 42.6 Å². The number of nitrogens with zero attached hydrogens (tertiary/aromatic N) is 2. The summed E-state index contributed by atoms with van der Waals surface area (Å²) in [4.78, 5) is 6.87. The van der Waals surface area contributed by atoms with E-state index in [1.807, 2.05) is 18.2 Å². The van der Waals surface area contributed by atoms with E-state index in [1.165, 1.54) is 0 Å². The number of rotatable bonds is 7. The molecule has 1 unspecified atom stereocenters. The Morgan fingerprint density at radius 3 is 2.86 bits per heavy atom. The predicted octanol–water partition coefficient (Wildman–Crippen LogP) is 4.49. The fraction of sp³-hybridized carbons (Fsp3) is 0.438. The average molecular weight is 324 g/mol. The van der Waals surface area contributed by atoms with Gasteiger partial charge < -0.3 is 10.2 Å². The number of anilines is 1. The molecule has 0 aliphatic rings. The van der Waals surface area contributed by atoms with Gasteiger partial charge in [0.15, 0.2) is 5.13 Å². The Morgan fingerprint density at radius 2 is 2.14 bits per heavy atom. The van der Waals surface area contributed by atoms with Crippen molar-refractivity contribution in [2.45, 2.75) is 32.9 Å². The first kappa shape index (κ1) is 16.3. The Balaban J connectivity index is 2.02. The van der Waals surface area contributed by atoms with Crippen LogP contribution in [-0.2, 0) is 6.54 Å². The van der Waals surface area contributed by atoms with Crippen LogP contribution < -0.4 is 10.2 Å². The maximum atomic E-state index is 6.21. The molecule has 1 atom stereocenters. The number of benzene rings is 1. The van der Waals surface area contributed by atoms with Crippen LogP contribution in [0.25, 0.3) is 0 Å². The molecule has 0 aliphatic carbocycles. The van der Waals surface area contributed by atoms with E-state index >= 15 is 0 Å². The second kappa shape index (κ2) is 7.78. The summed E-state index contributed by atoms with van der Waals surface area (Å²) in [6.07, 6.45) is 1.13. The van der Waals surface area contributed by atoms with Gasteiger partial charge in [-0.15, -0.1) is 11.3 Å². The molecular formula is C16H22ClN3S. The molecule has 2 rings (SSSR count). The molecule has 21 heavy (non-hydrogen) atoms. The van der Waals surface area contributed by atoms with Crippen molar-refractivity contribution in [2.75, 3.05) is 18.5 Å². The molecule has 1 aromatic carbocycles. The Hall–Kier alpha value is -1.10. The molecule has 0 bridgehead atoms. The summed E-state index contributed by atoms with van der Waals surface area (Å²) in [5.41, 5.74) is 2.23. The van der Waals surface area contributed by atoms with Gasteiger partial charge in [0, 0.05) is 30.0 Å². The Morgan fingerprint density at radius 1 is 1.38 bits per heavy atom. The fourth-order valence-electron chi connectivity index (χ4n) is 2.07. The zero-order valence-electron chi connectivity index (χ0n) is 12.8. The Kier molecular flexibility index (Phi) is 6.03. The molecule has 114 valence electrons. The van der Waals surface area contributed by atoms with Crippen LogP contribution in [-0.4, -0.2) is 18.6 Å². The van der Waals surface area contributed by atoms with Crippen LogP contribution in [0, 0.1) is 0 Å². The van der Waals surface area contributed by atoms with E-state index < -0.39 is 0 Å². The van der Waals surface area contributed by atoms with Crippen molar-refractivity contribution in [3.63, 3.8) is 0 Å². The molecule has 0 radical (unpaired) electrons. The molecule has 0 spiro atoms. The molecule has 1 N–H and O–H groups in total. The van der Waals surface area contributed by atoms with E-state index in [0.29, 0.717) is 6.04 Å². The topological polar surface area (TPSA) is 28.2 Å². The zero-order valence-corrected chi connectivity index (χ0v) is 14.3. The summed E-state index contributed by atoms with van der Waals surface area (Å²) in [6.45, 7) is 6.11. The summed E-state index contributed by atoms with van der Waals surface area (Å²) in [7, 11) is 2.05. The second-order valence-corrected chi connectivity index (χ2v) is 6.42. The van der Waals surface area contributed by atoms with Crippen molar-refractivity contribution >= 4 is 28.1 Å². The van der Waals surface area contributed by atoms with Crippen molar-refractivity contribution in [3.8, 4) is 0 Å². The van der Waals surface area contributed by atoms with Gasteiger partial charge in [0.25, 0.3) is 0 Å². The molecule has 3 nitrogen and oxygen atoms in total. The quantitative estimate of drug-likeness (QED) is 0.813. The number of halogens is 1. The van der Waals surface area contributed by atoms with E-state index in [0.717, 1.165) is 40.9 Å². The van der Waals surface area contributed by atoms with Gasteiger partial charge in [-0.2, -0.15) is 0 Å². The second-order valence-electron chi connectivity index (χ2n) is 5.18. The van der Waals surface area contributed by atoms with Crippen LogP contribution >= 0.6 is 22.9 Å². The lowest BCUT2D eigenvalue weighted by Crippen LogP contribution is -2.20. The van der Waals surface area contributed by atoms with Gasteiger partial charge in [0.05, 0.1) is 5.69 Å². The largest absolute Gasteiger partial charge is 0.347 e. The summed E-state index contributed by atoms with van der Waals surface area (Å²) < 4.78 is 0. The molecule has 0 aliphatic heterocycles. The normalized spacial score (nSPS) is 12.4. The third-order valence-electron chi connectivity index (χ3n) is 3.35. The van der Waals surface area contributed by atoms with Crippen LogP contribution in [0.5, 0.6) is 0 Å². The van der Waals surface area contributed by atoms with Crippen LogP contribution in [0.1, 0.15) is 37.6 Å². The van der Waals surface area contributed by atoms with Gasteiger partial charge >= 0.3 is 0 Å². The Labute approximate surface area is 136 Å². The highest BCUT2D eigenvalue weighted by atomic mass is 35.5. The number of nitrogens with one attached hydrogen (secondary N) is 1. The smallest absolute Gasteiger partial charge is 0.185 e. The molecule has 1 heterocycles. The van der Waals surface area contributed by atoms with E-state index in [-0.39, 0.29) is 0 Å². The van der Waals surface area contributed by atoms with E-state index in [9.17, 15) is 0 Å². The van der Waals surface area contributed by atoms with Crippen LogP contribution in [0.2, 0.25) is 5.02 Å². The molecule has 0 saturated carbocycles. The Bertz CT molecular complexity index is 570. The molecule has 0 amide bonds. The van der Waals surface area contributed by atoms with E-state index in [1.54, 1.807) is 11.3 Å². The molecule has 0 fully saturated rings. The van der Waals surface area contributed by atoms with Crippen molar-refractivity contribution in [1.29, 1.82) is 0 Å². The van der Waals surface area contributed by atoms with Gasteiger partial charge in [-0.25, -0.2) is 4.98 Å². The van der Waals surface area contributed by atoms with Crippen molar-refractivity contribution in [2.24, 2.45) is 0 Å². The van der Waals surface area contributed by atoms with Crippen LogP contribution in [0.15, 0.2) is 29.6 Å². The predicted molar refractivity (Wildman–Crippen MR) is 92.4 cm³/mol. The highest BCUT2D eigenvalue weighted by Gasteiger charge is 2.12. The minimum atomic E-state index is 0.295. The third kappa shape index (κ3) is 4.43. The molecule has 5 heteroatoms. The lowest BCUT2D eigenvalue weighted by atomic mass is 10.2. The maximum absolute atomic E-state index is 6.21. The number of hydrogen-bond donors (Lipinski definition) is 1. The number of hydrogen-bond acceptors (Lipinski definition) is 4. The first-order valence-corrected chi connectivity index (χ1v) is 8.51. The highest BCUT2D eigenvalue weighted by Crippen LogP contribution is 2.26. The summed E-state index contributed by atoms with van der Waals surface area (Å²) in [5.74, 6) is 0. The van der Waals surface area contributed by atoms with Crippen LogP contribution in [0.4, 0.5) is 5.13 Å². The molecule has 0 saturated heterocycles. The van der Waals surface area contributed by atoms with E-state index in [4.69, 9.17) is 16.6 Å². The summed E-state index contributed by atoms with van der Waals surface area (Å²) in [6, 6.07) is 8.24. The van der Waals surface area contributed by atoms with Gasteiger partial charge in [-0.3, -0.25) is 0 Å². The van der Waals surface area contributed by atoms with Crippen molar-refractivity contribution < 1.29 is 0 Å².